The first kappa shape index (κ1) is 16.4. The van der Waals surface area contributed by atoms with E-state index in [0.717, 1.165) is 0 Å². The monoisotopic (exact) mass is 273 g/mol. The quantitative estimate of drug-likeness (QED) is 0.826. The molecule has 0 aliphatic carbocycles. The van der Waals surface area contributed by atoms with Crippen LogP contribution < -0.4 is 10.5 Å². The normalized spacial score (nSPS) is 11.2. The molecule has 5 nitrogen and oxygen atoms in total. The van der Waals surface area contributed by atoms with Crippen LogP contribution in [0.4, 0.5) is 4.79 Å². The number of carboxylic acids is 1. The zero-order valence-corrected chi connectivity index (χ0v) is 10.9. The molecule has 0 saturated heterocycles. The van der Waals surface area contributed by atoms with Gasteiger partial charge in [0.2, 0.25) is 0 Å². The predicted octanol–water partition coefficient (Wildman–Crippen LogP) is 2.48. The average molecular weight is 274 g/mol. The van der Waals surface area contributed by atoms with Crippen molar-refractivity contribution in [2.75, 3.05) is 0 Å². The van der Waals surface area contributed by atoms with E-state index in [1.54, 1.807) is 38.1 Å². The molecule has 1 aromatic rings. The first-order chi connectivity index (χ1) is 8.34. The van der Waals surface area contributed by atoms with Crippen LogP contribution >= 0.6 is 11.6 Å². The lowest BCUT2D eigenvalue weighted by Crippen LogP contribution is -2.34. The number of benzene rings is 1. The molecule has 1 rings (SSSR count). The third-order valence-electron chi connectivity index (χ3n) is 1.94. The van der Waals surface area contributed by atoms with Crippen LogP contribution in [0, 0.1) is 5.92 Å². The largest absolute Gasteiger partial charge is 0.480 e. The van der Waals surface area contributed by atoms with Crippen LogP contribution in [0.2, 0.25) is 0 Å². The Hall–Kier alpha value is -1.59. The maximum Gasteiger partial charge on any atom is 0.409 e. The second kappa shape index (κ2) is 8.49. The molecule has 0 aliphatic rings. The molecule has 0 spiro atoms. The summed E-state index contributed by atoms with van der Waals surface area (Å²) in [5.41, 5.74) is 4.35. The third kappa shape index (κ3) is 7.65. The van der Waals surface area contributed by atoms with Crippen LogP contribution in [-0.4, -0.2) is 22.5 Å². The molecule has 0 unspecified atom stereocenters. The Bertz CT molecular complexity index is 381. The van der Waals surface area contributed by atoms with Crippen molar-refractivity contribution in [1.29, 1.82) is 0 Å². The fourth-order valence-corrected chi connectivity index (χ4v) is 0.955. The van der Waals surface area contributed by atoms with E-state index in [4.69, 9.17) is 22.4 Å². The number of rotatable bonds is 3. The van der Waals surface area contributed by atoms with Crippen molar-refractivity contribution in [3.63, 3.8) is 0 Å². The summed E-state index contributed by atoms with van der Waals surface area (Å²) in [5, 5.41) is 8.23. The van der Waals surface area contributed by atoms with Gasteiger partial charge in [0.05, 0.1) is 0 Å². The number of nitrogens with two attached hydrogens (primary N) is 1. The number of halogens is 1. The lowest BCUT2D eigenvalue weighted by molar-refractivity contribution is -0.139. The number of hydrogen-bond donors (Lipinski definition) is 2. The van der Waals surface area contributed by atoms with E-state index in [2.05, 4.69) is 4.74 Å². The van der Waals surface area contributed by atoms with Crippen LogP contribution in [0.1, 0.15) is 13.8 Å². The molecule has 3 N–H and O–H groups in total. The Labute approximate surface area is 111 Å². The van der Waals surface area contributed by atoms with E-state index in [1.165, 1.54) is 0 Å². The van der Waals surface area contributed by atoms with Gasteiger partial charge in [-0.1, -0.05) is 32.0 Å². The summed E-state index contributed by atoms with van der Waals surface area (Å²) >= 11 is 4.95. The molecule has 0 aromatic heterocycles. The number of ether oxygens (including phenoxy) is 1. The molecule has 0 fully saturated rings. The minimum atomic E-state index is -0.931. The molecule has 0 bridgehead atoms. The van der Waals surface area contributed by atoms with Crippen LogP contribution in [0.5, 0.6) is 5.75 Å². The van der Waals surface area contributed by atoms with E-state index in [1.807, 2.05) is 6.07 Å². The number of hydrogen-bond acceptors (Lipinski definition) is 4. The van der Waals surface area contributed by atoms with Crippen molar-refractivity contribution in [3.05, 3.63) is 30.3 Å². The maximum absolute atomic E-state index is 10.2. The number of carbonyl (C=O) groups excluding carboxylic acids is 1. The van der Waals surface area contributed by atoms with Gasteiger partial charge in [-0.2, -0.15) is 0 Å². The van der Waals surface area contributed by atoms with Gasteiger partial charge in [-0.05, 0) is 18.1 Å². The predicted molar refractivity (Wildman–Crippen MR) is 68.8 cm³/mol. The number of carboxylic acid groups (broad SMARTS) is 1. The Morgan fingerprint density at radius 1 is 1.28 bits per heavy atom. The van der Waals surface area contributed by atoms with Crippen molar-refractivity contribution >= 4 is 23.0 Å². The summed E-state index contributed by atoms with van der Waals surface area (Å²) in [6, 6.07) is 7.94. The van der Waals surface area contributed by atoms with Gasteiger partial charge in [-0.15, -0.1) is 0 Å². The van der Waals surface area contributed by atoms with Crippen molar-refractivity contribution in [2.45, 2.75) is 19.9 Å². The van der Waals surface area contributed by atoms with Gasteiger partial charge >= 0.3 is 11.4 Å². The van der Waals surface area contributed by atoms with E-state index >= 15 is 0 Å². The zero-order chi connectivity index (χ0) is 14.1. The van der Waals surface area contributed by atoms with Crippen LogP contribution in [0.15, 0.2) is 30.3 Å². The summed E-state index contributed by atoms with van der Waals surface area (Å²) in [6.07, 6.45) is 0. The number of para-hydroxylation sites is 1. The molecule has 100 valence electrons. The first-order valence-electron chi connectivity index (χ1n) is 5.25. The van der Waals surface area contributed by atoms with Crippen LogP contribution in [0.25, 0.3) is 0 Å². The highest BCUT2D eigenvalue weighted by Crippen LogP contribution is 2.09. The number of carbonyl (C=O) groups is 2. The van der Waals surface area contributed by atoms with Crippen molar-refractivity contribution in [2.24, 2.45) is 11.7 Å². The molecule has 0 heterocycles. The summed E-state index contributed by atoms with van der Waals surface area (Å²) in [4.78, 5) is 20.2. The van der Waals surface area contributed by atoms with Gasteiger partial charge in [0.15, 0.2) is 0 Å². The molecule has 0 aliphatic heterocycles. The molecule has 6 heteroatoms. The van der Waals surface area contributed by atoms with Gasteiger partial charge in [-0.25, -0.2) is 4.79 Å². The Balaban J connectivity index is 0.000000331. The van der Waals surface area contributed by atoms with Crippen molar-refractivity contribution in [3.8, 4) is 5.75 Å². The molecule has 0 radical (unpaired) electrons. The van der Waals surface area contributed by atoms with E-state index < -0.39 is 17.4 Å². The molecule has 1 aromatic carbocycles. The molecule has 0 saturated carbocycles. The van der Waals surface area contributed by atoms with Crippen LogP contribution in [-0.2, 0) is 4.79 Å². The smallest absolute Gasteiger partial charge is 0.409 e. The summed E-state index contributed by atoms with van der Waals surface area (Å²) in [6.45, 7) is 3.55. The highest BCUT2D eigenvalue weighted by molar-refractivity contribution is 6.61. The van der Waals surface area contributed by atoms with Crippen molar-refractivity contribution in [1.82, 2.24) is 0 Å². The fourth-order valence-electron chi connectivity index (χ4n) is 0.866. The average Bonchev–Trinajstić information content (AvgIpc) is 2.29. The Kier molecular flexibility index (Phi) is 7.74. The Morgan fingerprint density at radius 3 is 2.06 bits per heavy atom. The minimum absolute atomic E-state index is 0.0208. The standard InChI is InChI=1S/C7H5ClO2.C5H11NO2/c8-7(9)10-6-4-2-1-3-5-6;1-3(2)4(6)5(7)8/h1-5H;3-4H,6H2,1-2H3,(H,7,8)/t;4-/m.0/s1. The highest BCUT2D eigenvalue weighted by atomic mass is 35.5. The van der Waals surface area contributed by atoms with Gasteiger partial charge < -0.3 is 15.6 Å². The first-order valence-corrected chi connectivity index (χ1v) is 5.63. The fraction of sp³-hybridized carbons (Fsp3) is 0.333. The SMILES string of the molecule is CC(C)[C@H](N)C(=O)O.O=C(Cl)Oc1ccccc1. The van der Waals surface area contributed by atoms with E-state index in [0.29, 0.717) is 5.75 Å². The van der Waals surface area contributed by atoms with Gasteiger partial charge in [0.25, 0.3) is 0 Å². The van der Waals surface area contributed by atoms with Gasteiger partial charge in [-0.3, -0.25) is 4.79 Å². The minimum Gasteiger partial charge on any atom is -0.480 e. The molecule has 0 amide bonds. The molecule has 18 heavy (non-hydrogen) atoms. The molecular weight excluding hydrogens is 258 g/mol. The highest BCUT2D eigenvalue weighted by Gasteiger charge is 2.14. The Morgan fingerprint density at radius 2 is 1.78 bits per heavy atom. The maximum atomic E-state index is 10.2. The lowest BCUT2D eigenvalue weighted by atomic mass is 10.1. The topological polar surface area (TPSA) is 89.6 Å². The van der Waals surface area contributed by atoms with E-state index in [9.17, 15) is 9.59 Å². The second-order valence-corrected chi connectivity index (χ2v) is 4.07. The molecular formula is C12H16ClNO4. The number of aliphatic carboxylic acids is 1. The third-order valence-corrected chi connectivity index (χ3v) is 2.02. The second-order valence-electron chi connectivity index (χ2n) is 3.76. The lowest BCUT2D eigenvalue weighted by Gasteiger charge is -2.07. The zero-order valence-electron chi connectivity index (χ0n) is 10.2. The molecule has 1 atom stereocenters. The van der Waals surface area contributed by atoms with E-state index in [-0.39, 0.29) is 5.92 Å². The summed E-state index contributed by atoms with van der Waals surface area (Å²) < 4.78 is 4.54. The van der Waals surface area contributed by atoms with Gasteiger partial charge in [0.1, 0.15) is 11.8 Å². The van der Waals surface area contributed by atoms with Gasteiger partial charge in [0, 0.05) is 11.6 Å². The van der Waals surface area contributed by atoms with Crippen molar-refractivity contribution < 1.29 is 19.4 Å². The van der Waals surface area contributed by atoms with Crippen LogP contribution in [0.3, 0.4) is 0 Å². The summed E-state index contributed by atoms with van der Waals surface area (Å²) in [7, 11) is 0. The summed E-state index contributed by atoms with van der Waals surface area (Å²) in [5.74, 6) is -0.449.